The summed E-state index contributed by atoms with van der Waals surface area (Å²) in [5.41, 5.74) is 0. The van der Waals surface area contributed by atoms with E-state index in [0.29, 0.717) is 0 Å². The number of imide groups is 1. The number of carbonyl (C=O) groups excluding carboxylic acids is 2. The lowest BCUT2D eigenvalue weighted by Crippen LogP contribution is -2.50. The number of hydrogen-bond acceptors (Lipinski definition) is 4. The van der Waals surface area contributed by atoms with Crippen molar-refractivity contribution in [1.29, 1.82) is 0 Å². The van der Waals surface area contributed by atoms with Crippen molar-refractivity contribution in [3.05, 3.63) is 12.2 Å². The summed E-state index contributed by atoms with van der Waals surface area (Å²) in [6.07, 6.45) is 17.5. The van der Waals surface area contributed by atoms with Gasteiger partial charge < -0.3 is 10.2 Å². The Kier molecular flexibility index (Phi) is 16.2. The zero-order valence-corrected chi connectivity index (χ0v) is 17.7. The van der Waals surface area contributed by atoms with Crippen LogP contribution >= 0.6 is 0 Å². The lowest BCUT2D eigenvalue weighted by Gasteiger charge is -2.29. The van der Waals surface area contributed by atoms with E-state index in [1.807, 2.05) is 6.08 Å². The van der Waals surface area contributed by atoms with Gasteiger partial charge in [0.2, 0.25) is 11.8 Å². The van der Waals surface area contributed by atoms with E-state index < -0.39 is 30.6 Å². The van der Waals surface area contributed by atoms with Crippen LogP contribution in [-0.2, 0) is 9.59 Å². The first kappa shape index (κ1) is 25.8. The van der Waals surface area contributed by atoms with E-state index in [9.17, 15) is 19.8 Å². The second-order valence-corrected chi connectivity index (χ2v) is 7.40. The van der Waals surface area contributed by atoms with Crippen LogP contribution in [0.3, 0.4) is 0 Å². The molecule has 0 saturated carbocycles. The molecule has 2 atom stereocenters. The molecule has 0 unspecified atom stereocenters. The summed E-state index contributed by atoms with van der Waals surface area (Å²) in [6.45, 7) is 4.30. The number of nitrogens with zero attached hydrogens (tertiary/aromatic N) is 1. The van der Waals surface area contributed by atoms with Crippen molar-refractivity contribution in [3.8, 4) is 0 Å². The summed E-state index contributed by atoms with van der Waals surface area (Å²) in [5, 5.41) is 19.6. The normalized spacial score (nSPS) is 13.7. The van der Waals surface area contributed by atoms with Crippen molar-refractivity contribution in [2.24, 2.45) is 0 Å². The van der Waals surface area contributed by atoms with Crippen LogP contribution in [0.5, 0.6) is 0 Å². The molecule has 5 heteroatoms. The predicted octanol–water partition coefficient (Wildman–Crippen LogP) is 4.36. The number of aliphatic hydroxyl groups is 2. The molecule has 158 valence electrons. The summed E-state index contributed by atoms with van der Waals surface area (Å²) in [4.78, 5) is 24.0. The zero-order valence-electron chi connectivity index (χ0n) is 17.7. The van der Waals surface area contributed by atoms with Crippen molar-refractivity contribution in [1.82, 2.24) is 4.90 Å². The molecule has 0 rings (SSSR count). The summed E-state index contributed by atoms with van der Waals surface area (Å²) in [5.74, 6) is -0.946. The van der Waals surface area contributed by atoms with Crippen LogP contribution in [0.1, 0.15) is 97.8 Å². The van der Waals surface area contributed by atoms with E-state index in [4.69, 9.17) is 0 Å². The molecule has 0 spiro atoms. The van der Waals surface area contributed by atoms with Gasteiger partial charge in [0.05, 0.1) is 18.8 Å². The van der Waals surface area contributed by atoms with Gasteiger partial charge in [0.25, 0.3) is 0 Å². The van der Waals surface area contributed by atoms with Crippen LogP contribution in [0.15, 0.2) is 12.2 Å². The van der Waals surface area contributed by atoms with Gasteiger partial charge in [-0.05, 0) is 12.8 Å². The Morgan fingerprint density at radius 2 is 1.30 bits per heavy atom. The van der Waals surface area contributed by atoms with Gasteiger partial charge in [0.15, 0.2) is 0 Å². The lowest BCUT2D eigenvalue weighted by atomic mass is 10.0. The topological polar surface area (TPSA) is 77.8 Å². The lowest BCUT2D eigenvalue weighted by molar-refractivity contribution is -0.148. The molecular formula is C22H41NO4. The molecule has 5 nitrogen and oxygen atoms in total. The Morgan fingerprint density at radius 3 is 1.70 bits per heavy atom. The van der Waals surface area contributed by atoms with Crippen LogP contribution in [0.4, 0.5) is 0 Å². The largest absolute Gasteiger partial charge is 0.394 e. The van der Waals surface area contributed by atoms with Crippen molar-refractivity contribution in [3.63, 3.8) is 0 Å². The number of unbranched alkanes of at least 4 members (excludes halogenated alkanes) is 11. The number of hydrogen-bond donors (Lipinski definition) is 2. The summed E-state index contributed by atoms with van der Waals surface area (Å²) < 4.78 is 0. The average Bonchev–Trinajstić information content (AvgIpc) is 2.62. The highest BCUT2D eigenvalue weighted by molar-refractivity contribution is 5.93. The minimum atomic E-state index is -1.05. The Labute approximate surface area is 165 Å². The number of aliphatic hydroxyl groups excluding tert-OH is 2. The van der Waals surface area contributed by atoms with Gasteiger partial charge in [0.1, 0.15) is 0 Å². The monoisotopic (exact) mass is 383 g/mol. The first-order chi connectivity index (χ1) is 13.0. The highest BCUT2D eigenvalue weighted by atomic mass is 16.3. The second-order valence-electron chi connectivity index (χ2n) is 7.40. The van der Waals surface area contributed by atoms with Crippen molar-refractivity contribution >= 4 is 11.8 Å². The first-order valence-corrected chi connectivity index (χ1v) is 10.7. The quantitative estimate of drug-likeness (QED) is 0.307. The number of amides is 2. The molecule has 2 N–H and O–H groups in total. The van der Waals surface area contributed by atoms with Crippen molar-refractivity contribution in [2.45, 2.75) is 110 Å². The SMILES string of the molecule is CCCCCCCCCCCCC/C=C/[C@@H](O)[C@H](CO)N(C(C)=O)C(C)=O. The van der Waals surface area contributed by atoms with E-state index in [1.54, 1.807) is 6.08 Å². The van der Waals surface area contributed by atoms with Gasteiger partial charge in [-0.3, -0.25) is 14.5 Å². The van der Waals surface area contributed by atoms with Gasteiger partial charge in [-0.2, -0.15) is 0 Å². The highest BCUT2D eigenvalue weighted by Crippen LogP contribution is 2.13. The molecule has 0 aliphatic rings. The van der Waals surface area contributed by atoms with Crippen LogP contribution in [0.25, 0.3) is 0 Å². The average molecular weight is 384 g/mol. The molecule has 0 aliphatic heterocycles. The molecule has 27 heavy (non-hydrogen) atoms. The third-order valence-electron chi connectivity index (χ3n) is 4.90. The fraction of sp³-hybridized carbons (Fsp3) is 0.818. The molecule has 0 aromatic heterocycles. The van der Waals surface area contributed by atoms with Gasteiger partial charge >= 0.3 is 0 Å². The zero-order chi connectivity index (χ0) is 20.5. The fourth-order valence-electron chi connectivity index (χ4n) is 3.32. The molecule has 0 aromatic carbocycles. The second kappa shape index (κ2) is 16.9. The Hall–Kier alpha value is -1.20. The molecule has 0 fully saturated rings. The highest BCUT2D eigenvalue weighted by Gasteiger charge is 2.28. The third-order valence-corrected chi connectivity index (χ3v) is 4.90. The van der Waals surface area contributed by atoms with Gasteiger partial charge in [-0.25, -0.2) is 0 Å². The molecule has 0 aliphatic carbocycles. The molecule has 2 amide bonds. The minimum absolute atomic E-state index is 0.455. The Morgan fingerprint density at radius 1 is 0.852 bits per heavy atom. The van der Waals surface area contributed by atoms with Gasteiger partial charge in [-0.1, -0.05) is 83.3 Å². The van der Waals surface area contributed by atoms with Crippen LogP contribution in [0, 0.1) is 0 Å². The maximum atomic E-state index is 11.5. The maximum Gasteiger partial charge on any atom is 0.226 e. The van der Waals surface area contributed by atoms with E-state index in [1.165, 1.54) is 78.1 Å². The molecule has 0 bridgehead atoms. The molecule has 0 radical (unpaired) electrons. The predicted molar refractivity (Wildman–Crippen MR) is 110 cm³/mol. The van der Waals surface area contributed by atoms with Crippen LogP contribution < -0.4 is 0 Å². The summed E-state index contributed by atoms with van der Waals surface area (Å²) >= 11 is 0. The van der Waals surface area contributed by atoms with Crippen LogP contribution in [0.2, 0.25) is 0 Å². The third kappa shape index (κ3) is 12.7. The number of carbonyl (C=O) groups is 2. The van der Waals surface area contributed by atoms with E-state index >= 15 is 0 Å². The molecule has 0 saturated heterocycles. The van der Waals surface area contributed by atoms with E-state index in [2.05, 4.69) is 6.92 Å². The van der Waals surface area contributed by atoms with E-state index in [-0.39, 0.29) is 0 Å². The smallest absolute Gasteiger partial charge is 0.226 e. The maximum absolute atomic E-state index is 11.5. The Balaban J connectivity index is 3.86. The Bertz CT molecular complexity index is 409. The van der Waals surface area contributed by atoms with Gasteiger partial charge in [0, 0.05) is 13.8 Å². The van der Waals surface area contributed by atoms with Crippen molar-refractivity contribution < 1.29 is 19.8 Å². The first-order valence-electron chi connectivity index (χ1n) is 10.7. The van der Waals surface area contributed by atoms with Crippen LogP contribution in [-0.4, -0.2) is 45.7 Å². The fourth-order valence-corrected chi connectivity index (χ4v) is 3.32. The molecular weight excluding hydrogens is 342 g/mol. The minimum Gasteiger partial charge on any atom is -0.394 e. The molecule has 0 heterocycles. The van der Waals surface area contributed by atoms with E-state index in [0.717, 1.165) is 17.7 Å². The number of allylic oxidation sites excluding steroid dienone is 1. The number of rotatable bonds is 16. The summed E-state index contributed by atoms with van der Waals surface area (Å²) in [6, 6.07) is -0.923. The van der Waals surface area contributed by atoms with Gasteiger partial charge in [-0.15, -0.1) is 0 Å². The molecule has 0 aromatic rings. The van der Waals surface area contributed by atoms with Crippen molar-refractivity contribution in [2.75, 3.05) is 6.61 Å². The summed E-state index contributed by atoms with van der Waals surface area (Å²) in [7, 11) is 0. The standard InChI is InChI=1S/C22H41NO4/c1-4-5-6-7-8-9-10-11-12-13-14-15-16-17-22(27)21(18-24)23(19(2)25)20(3)26/h16-17,21-22,24,27H,4-15,18H2,1-3H3/b17-16+/t21-,22+/m0/s1.